The lowest BCUT2D eigenvalue weighted by Gasteiger charge is -2.34. The first-order valence-corrected chi connectivity index (χ1v) is 9.96. The summed E-state index contributed by atoms with van der Waals surface area (Å²) < 4.78 is 37.1. The molecule has 0 aliphatic carbocycles. The molecule has 1 aromatic rings. The number of rotatable bonds is 7. The van der Waals surface area contributed by atoms with Crippen molar-refractivity contribution in [2.24, 2.45) is 0 Å². The summed E-state index contributed by atoms with van der Waals surface area (Å²) in [5.74, 6) is 0.412. The molecule has 1 aliphatic heterocycles. The predicted octanol–water partition coefficient (Wildman–Crippen LogP) is 0.488. The molecule has 0 atom stereocenters. The Hall–Kier alpha value is -1.84. The first-order valence-electron chi connectivity index (χ1n) is 8.52. The van der Waals surface area contributed by atoms with Gasteiger partial charge in [0.25, 0.3) is 0 Å². The molecule has 0 saturated carbocycles. The van der Waals surface area contributed by atoms with E-state index in [1.807, 2.05) is 0 Å². The van der Waals surface area contributed by atoms with Crippen molar-refractivity contribution < 1.29 is 22.7 Å². The fraction of sp³-hybridized carbons (Fsp3) is 0.588. The zero-order valence-electron chi connectivity index (χ0n) is 15.8. The highest BCUT2D eigenvalue weighted by Gasteiger charge is 2.29. The van der Waals surface area contributed by atoms with Crippen molar-refractivity contribution in [1.82, 2.24) is 14.1 Å². The van der Waals surface area contributed by atoms with Gasteiger partial charge in [-0.05, 0) is 18.7 Å². The summed E-state index contributed by atoms with van der Waals surface area (Å²) in [4.78, 5) is 16.4. The molecule has 1 saturated heterocycles. The van der Waals surface area contributed by atoms with Crippen molar-refractivity contribution in [3.63, 3.8) is 0 Å². The highest BCUT2D eigenvalue weighted by Crippen LogP contribution is 2.30. The van der Waals surface area contributed by atoms with Gasteiger partial charge in [0.1, 0.15) is 16.4 Å². The van der Waals surface area contributed by atoms with Gasteiger partial charge in [-0.3, -0.25) is 4.79 Å². The Morgan fingerprint density at radius 1 is 1.15 bits per heavy atom. The summed E-state index contributed by atoms with van der Waals surface area (Å²) in [6, 6.07) is 4.55. The van der Waals surface area contributed by atoms with Crippen LogP contribution in [0.2, 0.25) is 0 Å². The maximum Gasteiger partial charge on any atom is 0.247 e. The zero-order chi connectivity index (χ0) is 19.3. The quantitative estimate of drug-likeness (QED) is 0.680. The average molecular weight is 385 g/mol. The standard InChI is InChI=1S/C17H27N3O5S/c1-5-19-8-10-20(11-9-19)17(21)13-18(2)26(22,23)16-12-14(24-3)6-7-15(16)25-4/h6-7,12H,5,8-11,13H2,1-4H3. The number of hydrogen-bond donors (Lipinski definition) is 0. The van der Waals surface area contributed by atoms with Crippen LogP contribution in [-0.4, -0.2) is 89.0 Å². The zero-order valence-corrected chi connectivity index (χ0v) is 16.6. The lowest BCUT2D eigenvalue weighted by Crippen LogP contribution is -2.51. The van der Waals surface area contributed by atoms with E-state index >= 15 is 0 Å². The van der Waals surface area contributed by atoms with Gasteiger partial charge in [0, 0.05) is 39.3 Å². The first-order chi connectivity index (χ1) is 12.3. The first kappa shape index (κ1) is 20.5. The molecule has 146 valence electrons. The number of carbonyl (C=O) groups is 1. The molecule has 0 radical (unpaired) electrons. The minimum Gasteiger partial charge on any atom is -0.497 e. The number of amides is 1. The number of hydrogen-bond acceptors (Lipinski definition) is 6. The van der Waals surface area contributed by atoms with Crippen molar-refractivity contribution in [1.29, 1.82) is 0 Å². The van der Waals surface area contributed by atoms with E-state index in [0.29, 0.717) is 18.8 Å². The summed E-state index contributed by atoms with van der Waals surface area (Å²) in [6.07, 6.45) is 0. The van der Waals surface area contributed by atoms with E-state index in [-0.39, 0.29) is 23.1 Å². The molecule has 0 N–H and O–H groups in total. The molecule has 1 amide bonds. The van der Waals surface area contributed by atoms with Crippen LogP contribution in [0.25, 0.3) is 0 Å². The Kier molecular flexibility index (Phi) is 6.85. The number of sulfonamides is 1. The van der Waals surface area contributed by atoms with Gasteiger partial charge in [-0.1, -0.05) is 6.92 Å². The van der Waals surface area contributed by atoms with E-state index in [2.05, 4.69) is 11.8 Å². The van der Waals surface area contributed by atoms with Crippen molar-refractivity contribution in [2.75, 3.05) is 60.5 Å². The maximum atomic E-state index is 12.9. The molecule has 26 heavy (non-hydrogen) atoms. The molecular weight excluding hydrogens is 358 g/mol. The van der Waals surface area contributed by atoms with Crippen LogP contribution >= 0.6 is 0 Å². The van der Waals surface area contributed by atoms with Crippen LogP contribution in [0.1, 0.15) is 6.92 Å². The third-order valence-corrected chi connectivity index (χ3v) is 6.41. The number of likely N-dealkylation sites (N-methyl/N-ethyl adjacent to an activating group) is 2. The second-order valence-electron chi connectivity index (χ2n) is 6.09. The van der Waals surface area contributed by atoms with Crippen LogP contribution in [0.15, 0.2) is 23.1 Å². The SMILES string of the molecule is CCN1CCN(C(=O)CN(C)S(=O)(=O)c2cc(OC)ccc2OC)CC1. The number of ether oxygens (including phenoxy) is 2. The Morgan fingerprint density at radius 3 is 2.35 bits per heavy atom. The molecule has 1 aromatic carbocycles. The molecular formula is C17H27N3O5S. The van der Waals surface area contributed by atoms with Crippen molar-refractivity contribution >= 4 is 15.9 Å². The fourth-order valence-corrected chi connectivity index (χ4v) is 4.13. The van der Waals surface area contributed by atoms with Gasteiger partial charge >= 0.3 is 0 Å². The maximum absolute atomic E-state index is 12.9. The average Bonchev–Trinajstić information content (AvgIpc) is 2.67. The summed E-state index contributed by atoms with van der Waals surface area (Å²) in [7, 11) is 0.366. The van der Waals surface area contributed by atoms with Gasteiger partial charge in [-0.15, -0.1) is 0 Å². The number of benzene rings is 1. The molecule has 1 aliphatic rings. The molecule has 1 fully saturated rings. The molecule has 9 heteroatoms. The third kappa shape index (κ3) is 4.46. The fourth-order valence-electron chi connectivity index (χ4n) is 2.84. The Morgan fingerprint density at radius 2 is 1.81 bits per heavy atom. The minimum absolute atomic E-state index is 0.0227. The summed E-state index contributed by atoms with van der Waals surface area (Å²) in [6.45, 7) is 5.66. The molecule has 1 heterocycles. The van der Waals surface area contributed by atoms with Gasteiger partial charge < -0.3 is 19.3 Å². The second-order valence-corrected chi connectivity index (χ2v) is 8.11. The van der Waals surface area contributed by atoms with Crippen LogP contribution in [0.5, 0.6) is 11.5 Å². The van der Waals surface area contributed by atoms with Gasteiger partial charge in [-0.25, -0.2) is 8.42 Å². The Labute approximate surface area is 155 Å². The van der Waals surface area contributed by atoms with E-state index in [4.69, 9.17) is 9.47 Å². The molecule has 0 aromatic heterocycles. The van der Waals surface area contributed by atoms with E-state index in [9.17, 15) is 13.2 Å². The van der Waals surface area contributed by atoms with Crippen LogP contribution in [0.4, 0.5) is 0 Å². The van der Waals surface area contributed by atoms with Crippen LogP contribution < -0.4 is 9.47 Å². The van der Waals surface area contributed by atoms with Gasteiger partial charge in [-0.2, -0.15) is 4.31 Å². The van der Waals surface area contributed by atoms with E-state index in [1.54, 1.807) is 11.0 Å². The molecule has 0 bridgehead atoms. The van der Waals surface area contributed by atoms with E-state index < -0.39 is 10.0 Å². The topological polar surface area (TPSA) is 79.4 Å². The van der Waals surface area contributed by atoms with Crippen molar-refractivity contribution in [3.8, 4) is 11.5 Å². The van der Waals surface area contributed by atoms with Gasteiger partial charge in [0.2, 0.25) is 15.9 Å². The molecule has 0 spiro atoms. The number of methoxy groups -OCH3 is 2. The number of piperazine rings is 1. The summed E-state index contributed by atoms with van der Waals surface area (Å²) in [5.41, 5.74) is 0. The Bertz CT molecular complexity index is 730. The summed E-state index contributed by atoms with van der Waals surface area (Å²) in [5, 5.41) is 0. The van der Waals surface area contributed by atoms with Crippen molar-refractivity contribution in [2.45, 2.75) is 11.8 Å². The van der Waals surface area contributed by atoms with Gasteiger partial charge in [0.05, 0.1) is 20.8 Å². The third-order valence-electron chi connectivity index (χ3n) is 4.59. The number of nitrogens with zero attached hydrogens (tertiary/aromatic N) is 3. The smallest absolute Gasteiger partial charge is 0.247 e. The van der Waals surface area contributed by atoms with Crippen molar-refractivity contribution in [3.05, 3.63) is 18.2 Å². The largest absolute Gasteiger partial charge is 0.497 e. The van der Waals surface area contributed by atoms with Crippen LogP contribution in [0, 0.1) is 0 Å². The lowest BCUT2D eigenvalue weighted by molar-refractivity contribution is -0.132. The number of carbonyl (C=O) groups excluding carboxylic acids is 1. The van der Waals surface area contributed by atoms with Crippen LogP contribution in [-0.2, 0) is 14.8 Å². The predicted molar refractivity (Wildman–Crippen MR) is 98.1 cm³/mol. The summed E-state index contributed by atoms with van der Waals surface area (Å²) >= 11 is 0. The monoisotopic (exact) mass is 385 g/mol. The van der Waals surface area contributed by atoms with Crippen LogP contribution in [0.3, 0.4) is 0 Å². The normalized spacial score (nSPS) is 16.0. The van der Waals surface area contributed by atoms with Gasteiger partial charge in [0.15, 0.2) is 0 Å². The highest BCUT2D eigenvalue weighted by atomic mass is 32.2. The molecule has 8 nitrogen and oxygen atoms in total. The van der Waals surface area contributed by atoms with E-state index in [1.165, 1.54) is 33.4 Å². The highest BCUT2D eigenvalue weighted by molar-refractivity contribution is 7.89. The minimum atomic E-state index is -3.89. The van der Waals surface area contributed by atoms with E-state index in [0.717, 1.165) is 23.9 Å². The molecule has 2 rings (SSSR count). The molecule has 0 unspecified atom stereocenters. The Balaban J connectivity index is 2.13. The lowest BCUT2D eigenvalue weighted by atomic mass is 10.3. The second kappa shape index (κ2) is 8.70.